The maximum absolute atomic E-state index is 13.8. The van der Waals surface area contributed by atoms with Crippen molar-refractivity contribution in [2.45, 2.75) is 51.6 Å². The van der Waals surface area contributed by atoms with Crippen LogP contribution in [0.4, 0.5) is 4.39 Å². The van der Waals surface area contributed by atoms with Gasteiger partial charge in [0.1, 0.15) is 11.9 Å². The molecular formula is C23H27Cl2FN2O2S. The number of carbonyl (C=O) groups is 2. The minimum absolute atomic E-state index is 0.00677. The summed E-state index contributed by atoms with van der Waals surface area (Å²) in [6.45, 7) is 5.81. The minimum atomic E-state index is -0.676. The van der Waals surface area contributed by atoms with Crippen LogP contribution in [0.1, 0.15) is 38.3 Å². The lowest BCUT2D eigenvalue weighted by molar-refractivity contribution is -0.138. The molecule has 1 N–H and O–H groups in total. The lowest BCUT2D eigenvalue weighted by Crippen LogP contribution is -2.50. The molecule has 2 unspecified atom stereocenters. The molecule has 2 aromatic carbocycles. The monoisotopic (exact) mass is 484 g/mol. The zero-order valence-corrected chi connectivity index (χ0v) is 20.2. The van der Waals surface area contributed by atoms with Crippen molar-refractivity contribution < 1.29 is 14.0 Å². The van der Waals surface area contributed by atoms with Gasteiger partial charge in [-0.1, -0.05) is 54.4 Å². The van der Waals surface area contributed by atoms with Gasteiger partial charge in [0.25, 0.3) is 0 Å². The molecule has 0 saturated carbocycles. The summed E-state index contributed by atoms with van der Waals surface area (Å²) in [4.78, 5) is 27.3. The zero-order valence-electron chi connectivity index (χ0n) is 17.8. The molecule has 31 heavy (non-hydrogen) atoms. The Hall–Kier alpha value is -1.76. The van der Waals surface area contributed by atoms with Crippen molar-refractivity contribution in [2.75, 3.05) is 5.75 Å². The first kappa shape index (κ1) is 25.5. The number of halogens is 3. The fraction of sp³-hybridized carbons (Fsp3) is 0.391. The summed E-state index contributed by atoms with van der Waals surface area (Å²) in [5, 5.41) is 3.73. The number of carbonyl (C=O) groups excluding carboxylic acids is 2. The molecule has 168 valence electrons. The van der Waals surface area contributed by atoms with Gasteiger partial charge < -0.3 is 10.2 Å². The molecule has 8 heteroatoms. The van der Waals surface area contributed by atoms with E-state index in [2.05, 4.69) is 5.32 Å². The molecule has 0 aliphatic heterocycles. The van der Waals surface area contributed by atoms with Gasteiger partial charge in [-0.05, 0) is 49.6 Å². The third-order valence-corrected chi connectivity index (χ3v) is 6.65. The molecule has 2 rings (SSSR count). The molecule has 2 amide bonds. The number of nitrogens with zero attached hydrogens (tertiary/aromatic N) is 1. The second kappa shape index (κ2) is 12.3. The lowest BCUT2D eigenvalue weighted by Gasteiger charge is -2.29. The standard InChI is InChI=1S/C23H27Cl2FN2O2S/c1-4-15(2)27-23(30)16(3)28(12-17-9-10-19(24)20(25)11-17)22(29)14-31-13-18-7-5-6-8-21(18)26/h5-11,15-16H,4,12-14H2,1-3H3,(H,27,30). The zero-order chi connectivity index (χ0) is 23.0. The van der Waals surface area contributed by atoms with Gasteiger partial charge in [-0.25, -0.2) is 4.39 Å². The van der Waals surface area contributed by atoms with Gasteiger partial charge >= 0.3 is 0 Å². The van der Waals surface area contributed by atoms with Gasteiger partial charge in [0.2, 0.25) is 11.8 Å². The maximum Gasteiger partial charge on any atom is 0.242 e. The van der Waals surface area contributed by atoms with Crippen LogP contribution in [0, 0.1) is 5.82 Å². The van der Waals surface area contributed by atoms with Gasteiger partial charge in [-0.15, -0.1) is 11.8 Å². The summed E-state index contributed by atoms with van der Waals surface area (Å²) < 4.78 is 13.8. The maximum atomic E-state index is 13.8. The van der Waals surface area contributed by atoms with E-state index in [1.54, 1.807) is 43.3 Å². The Morgan fingerprint density at radius 3 is 2.48 bits per heavy atom. The van der Waals surface area contributed by atoms with Crippen LogP contribution >= 0.6 is 35.0 Å². The molecule has 2 aromatic rings. The number of rotatable bonds is 10. The van der Waals surface area contributed by atoms with Crippen LogP contribution < -0.4 is 5.32 Å². The van der Waals surface area contributed by atoms with Crippen LogP contribution in [0.15, 0.2) is 42.5 Å². The number of nitrogens with one attached hydrogen (secondary N) is 1. The van der Waals surface area contributed by atoms with Crippen molar-refractivity contribution in [3.05, 3.63) is 69.5 Å². The first-order valence-electron chi connectivity index (χ1n) is 10.1. The summed E-state index contributed by atoms with van der Waals surface area (Å²) in [6, 6.07) is 11.0. The van der Waals surface area contributed by atoms with E-state index in [0.29, 0.717) is 21.4 Å². The Balaban J connectivity index is 2.12. The molecule has 4 nitrogen and oxygen atoms in total. The van der Waals surface area contributed by atoms with Crippen molar-refractivity contribution in [3.8, 4) is 0 Å². The van der Waals surface area contributed by atoms with Crippen LogP contribution in [-0.2, 0) is 21.9 Å². The SMILES string of the molecule is CCC(C)NC(=O)C(C)N(Cc1ccc(Cl)c(Cl)c1)C(=O)CSCc1ccccc1F. The Kier molecular flexibility index (Phi) is 10.1. The van der Waals surface area contributed by atoms with E-state index in [-0.39, 0.29) is 36.0 Å². The van der Waals surface area contributed by atoms with Crippen molar-refractivity contribution in [1.29, 1.82) is 0 Å². The number of benzene rings is 2. The molecule has 2 atom stereocenters. The second-order valence-electron chi connectivity index (χ2n) is 7.35. The van der Waals surface area contributed by atoms with Gasteiger partial charge in [0, 0.05) is 18.3 Å². The van der Waals surface area contributed by atoms with E-state index >= 15 is 0 Å². The van der Waals surface area contributed by atoms with Crippen LogP contribution in [0.5, 0.6) is 0 Å². The third kappa shape index (κ3) is 7.70. The summed E-state index contributed by atoms with van der Waals surface area (Å²) in [5.74, 6) is -0.235. The Labute approximate surface area is 197 Å². The third-order valence-electron chi connectivity index (χ3n) is 4.95. The second-order valence-corrected chi connectivity index (χ2v) is 9.15. The highest BCUT2D eigenvalue weighted by Gasteiger charge is 2.27. The predicted molar refractivity (Wildman–Crippen MR) is 127 cm³/mol. The summed E-state index contributed by atoms with van der Waals surface area (Å²) in [5.41, 5.74) is 1.31. The molecule has 0 saturated heterocycles. The first-order valence-corrected chi connectivity index (χ1v) is 12.0. The Morgan fingerprint density at radius 2 is 1.84 bits per heavy atom. The highest BCUT2D eigenvalue weighted by Crippen LogP contribution is 2.24. The fourth-order valence-corrected chi connectivity index (χ4v) is 4.05. The van der Waals surface area contributed by atoms with Crippen LogP contribution in [0.25, 0.3) is 0 Å². The molecular weight excluding hydrogens is 458 g/mol. The van der Waals surface area contributed by atoms with Gasteiger partial charge in [-0.2, -0.15) is 0 Å². The average molecular weight is 485 g/mol. The molecule has 0 bridgehead atoms. The smallest absolute Gasteiger partial charge is 0.242 e. The number of thioether (sulfide) groups is 1. The predicted octanol–water partition coefficient (Wildman–Crippen LogP) is 5.70. The number of hydrogen-bond acceptors (Lipinski definition) is 3. The summed E-state index contributed by atoms with van der Waals surface area (Å²) in [6.07, 6.45) is 0.789. The first-order chi connectivity index (χ1) is 14.7. The summed E-state index contributed by atoms with van der Waals surface area (Å²) in [7, 11) is 0. The molecule has 0 radical (unpaired) electrons. The van der Waals surface area contributed by atoms with Crippen LogP contribution in [0.2, 0.25) is 10.0 Å². The quantitative estimate of drug-likeness (QED) is 0.470. The molecule has 0 aliphatic carbocycles. The Bertz CT molecular complexity index is 913. The van der Waals surface area contributed by atoms with E-state index in [0.717, 1.165) is 12.0 Å². The van der Waals surface area contributed by atoms with Crippen molar-refractivity contribution in [3.63, 3.8) is 0 Å². The highest BCUT2D eigenvalue weighted by molar-refractivity contribution is 7.99. The largest absolute Gasteiger partial charge is 0.352 e. The fourth-order valence-electron chi connectivity index (χ4n) is 2.83. The molecule has 0 aliphatic rings. The highest BCUT2D eigenvalue weighted by atomic mass is 35.5. The average Bonchev–Trinajstić information content (AvgIpc) is 2.75. The van der Waals surface area contributed by atoms with E-state index in [4.69, 9.17) is 23.2 Å². The van der Waals surface area contributed by atoms with E-state index < -0.39 is 6.04 Å². The molecule has 0 spiro atoms. The van der Waals surface area contributed by atoms with Crippen LogP contribution in [-0.4, -0.2) is 34.6 Å². The van der Waals surface area contributed by atoms with Gasteiger partial charge in [0.15, 0.2) is 0 Å². The number of amides is 2. The van der Waals surface area contributed by atoms with Crippen LogP contribution in [0.3, 0.4) is 0 Å². The topological polar surface area (TPSA) is 49.4 Å². The van der Waals surface area contributed by atoms with E-state index in [1.165, 1.54) is 22.7 Å². The minimum Gasteiger partial charge on any atom is -0.352 e. The van der Waals surface area contributed by atoms with Crippen molar-refractivity contribution in [2.24, 2.45) is 0 Å². The van der Waals surface area contributed by atoms with Crippen molar-refractivity contribution >= 4 is 46.8 Å². The van der Waals surface area contributed by atoms with E-state index in [9.17, 15) is 14.0 Å². The Morgan fingerprint density at radius 1 is 1.13 bits per heavy atom. The van der Waals surface area contributed by atoms with Gasteiger partial charge in [-0.3, -0.25) is 9.59 Å². The van der Waals surface area contributed by atoms with Crippen molar-refractivity contribution in [1.82, 2.24) is 10.2 Å². The number of hydrogen-bond donors (Lipinski definition) is 1. The summed E-state index contributed by atoms with van der Waals surface area (Å²) >= 11 is 13.4. The van der Waals surface area contributed by atoms with Gasteiger partial charge in [0.05, 0.1) is 15.8 Å². The molecule has 0 aromatic heterocycles. The lowest BCUT2D eigenvalue weighted by atomic mass is 10.1. The molecule has 0 heterocycles. The van der Waals surface area contributed by atoms with E-state index in [1.807, 2.05) is 13.8 Å². The normalized spacial score (nSPS) is 12.8. The molecule has 0 fully saturated rings.